The van der Waals surface area contributed by atoms with E-state index >= 15 is 0 Å². The Morgan fingerprint density at radius 3 is 2.32 bits per heavy atom. The van der Waals surface area contributed by atoms with Crippen LogP contribution in [0.2, 0.25) is 0 Å². The predicted octanol–water partition coefficient (Wildman–Crippen LogP) is 3.63. The van der Waals surface area contributed by atoms with Crippen LogP contribution in [0.5, 0.6) is 5.75 Å². The van der Waals surface area contributed by atoms with Gasteiger partial charge in [0.25, 0.3) is 0 Å². The molecule has 3 atom stereocenters. The summed E-state index contributed by atoms with van der Waals surface area (Å²) in [6, 6.07) is 18.2. The van der Waals surface area contributed by atoms with Crippen molar-refractivity contribution in [3.63, 3.8) is 0 Å². The van der Waals surface area contributed by atoms with Crippen LogP contribution >= 0.6 is 0 Å². The number of carbonyl (C=O) groups is 1. The van der Waals surface area contributed by atoms with Crippen LogP contribution in [0.3, 0.4) is 0 Å². The first-order valence-electron chi connectivity index (χ1n) is 14.9. The molecule has 6 heteroatoms. The second kappa shape index (κ2) is 13.4. The average Bonchev–Trinajstić information content (AvgIpc) is 3.76. The molecule has 1 saturated carbocycles. The topological polar surface area (TPSA) is 65.5 Å². The number of aryl methyl sites for hydroxylation is 2. The Labute approximate surface area is 268 Å². The number of rotatable bonds is 10. The van der Waals surface area contributed by atoms with Crippen molar-refractivity contribution in [2.24, 2.45) is 11.8 Å². The average molecular weight is 563 g/mol. The van der Waals surface area contributed by atoms with Crippen molar-refractivity contribution in [1.82, 2.24) is 9.88 Å². The smallest absolute Gasteiger partial charge is 0.550 e. The van der Waals surface area contributed by atoms with Gasteiger partial charge in [-0.2, -0.15) is 0 Å². The number of aliphatic carboxylic acids is 1. The fourth-order valence-corrected chi connectivity index (χ4v) is 6.50. The molecule has 2 heterocycles. The maximum Gasteiger partial charge on any atom is 1.00 e. The number of benzene rings is 2. The third-order valence-corrected chi connectivity index (χ3v) is 8.86. The molecule has 1 fully saturated rings. The van der Waals surface area contributed by atoms with E-state index in [1.807, 2.05) is 13.1 Å². The number of hydrogen-bond acceptors (Lipinski definition) is 5. The summed E-state index contributed by atoms with van der Waals surface area (Å²) in [5.74, 6) is -0.196. The number of fused-ring (bicyclic) bond motifs is 1. The molecule has 0 spiro atoms. The van der Waals surface area contributed by atoms with Gasteiger partial charge in [-0.3, -0.25) is 9.88 Å². The van der Waals surface area contributed by atoms with Crippen molar-refractivity contribution in [2.75, 3.05) is 0 Å². The van der Waals surface area contributed by atoms with E-state index in [1.165, 1.54) is 27.8 Å². The Kier molecular flexibility index (Phi) is 10.4. The summed E-state index contributed by atoms with van der Waals surface area (Å²) in [5, 5.41) is 11.8. The molecule has 0 saturated heterocycles. The van der Waals surface area contributed by atoms with Gasteiger partial charge in [-0.25, -0.2) is 0 Å². The standard InChI is InChI=1S/C35H44N2O3.Na/c1-21(2)37(22(3)4)20-30-18-27(28-15-16-36-23(5)17-28)11-13-31(30)32-14-12-25-7-10-29(19-33(25)40-32)34(26-8-9-26)24(6)35(38)39;/h7,10-11,13,15-19,21-22,24,26,32,34H,8-9,12,14,20H2,1-6H3,(H,38,39);/q;+1/p-1/t24-,32?,34-;/m0./s1. The molecule has 1 aliphatic heterocycles. The van der Waals surface area contributed by atoms with Gasteiger partial charge >= 0.3 is 29.6 Å². The Hall–Kier alpha value is -2.18. The first-order chi connectivity index (χ1) is 19.1. The maximum absolute atomic E-state index is 11.8. The molecule has 212 valence electrons. The first-order valence-corrected chi connectivity index (χ1v) is 14.9. The zero-order valence-corrected chi connectivity index (χ0v) is 27.8. The van der Waals surface area contributed by atoms with Gasteiger partial charge < -0.3 is 14.6 Å². The summed E-state index contributed by atoms with van der Waals surface area (Å²) in [4.78, 5) is 18.7. The molecule has 5 nitrogen and oxygen atoms in total. The van der Waals surface area contributed by atoms with Crippen LogP contribution in [-0.4, -0.2) is 27.9 Å². The van der Waals surface area contributed by atoms with Crippen LogP contribution in [0.4, 0.5) is 0 Å². The zero-order valence-electron chi connectivity index (χ0n) is 25.8. The van der Waals surface area contributed by atoms with Gasteiger partial charge in [0.15, 0.2) is 0 Å². The Bertz CT molecular complexity index is 1360. The third-order valence-electron chi connectivity index (χ3n) is 8.86. The number of ether oxygens (including phenoxy) is 1. The van der Waals surface area contributed by atoms with Gasteiger partial charge in [-0.15, -0.1) is 0 Å². The second-order valence-electron chi connectivity index (χ2n) is 12.4. The van der Waals surface area contributed by atoms with Gasteiger partial charge in [0.1, 0.15) is 11.9 Å². The van der Waals surface area contributed by atoms with E-state index in [0.717, 1.165) is 49.2 Å². The maximum atomic E-state index is 11.8. The van der Waals surface area contributed by atoms with E-state index in [-0.39, 0.29) is 41.6 Å². The number of nitrogens with zero attached hydrogens (tertiary/aromatic N) is 2. The quantitative estimate of drug-likeness (QED) is 0.353. The van der Waals surface area contributed by atoms with Crippen LogP contribution in [0, 0.1) is 18.8 Å². The summed E-state index contributed by atoms with van der Waals surface area (Å²) in [7, 11) is 0. The molecule has 1 unspecified atom stereocenters. The van der Waals surface area contributed by atoms with Crippen LogP contribution in [0.25, 0.3) is 11.1 Å². The molecular weight excluding hydrogens is 519 g/mol. The van der Waals surface area contributed by atoms with Gasteiger partial charge in [-0.1, -0.05) is 31.2 Å². The van der Waals surface area contributed by atoms with E-state index in [9.17, 15) is 9.90 Å². The summed E-state index contributed by atoms with van der Waals surface area (Å²) in [5.41, 5.74) is 8.17. The second-order valence-corrected chi connectivity index (χ2v) is 12.4. The van der Waals surface area contributed by atoms with E-state index in [0.29, 0.717) is 18.0 Å². The SMILES string of the molecule is Cc1cc(-c2ccc(C3CCc4ccc([C@H](C5CC5)[C@H](C)C(=O)[O-])cc4O3)c(CN(C(C)C)C(C)C)c2)ccn1.[Na+]. The minimum Gasteiger partial charge on any atom is -0.550 e. The van der Waals surface area contributed by atoms with Crippen LogP contribution in [-0.2, 0) is 17.8 Å². The molecule has 5 rings (SSSR count). The number of carboxylic acid groups (broad SMARTS) is 1. The zero-order chi connectivity index (χ0) is 28.6. The number of carbonyl (C=O) groups excluding carboxylic acids is 1. The predicted molar refractivity (Wildman–Crippen MR) is 158 cm³/mol. The fraction of sp³-hybridized carbons (Fsp3) is 0.486. The Morgan fingerprint density at radius 2 is 1.68 bits per heavy atom. The van der Waals surface area contributed by atoms with Crippen molar-refractivity contribution in [3.8, 4) is 16.9 Å². The van der Waals surface area contributed by atoms with E-state index < -0.39 is 11.9 Å². The Morgan fingerprint density at radius 1 is 0.976 bits per heavy atom. The molecule has 2 aliphatic rings. The fourth-order valence-electron chi connectivity index (χ4n) is 6.50. The van der Waals surface area contributed by atoms with Gasteiger partial charge in [-0.05, 0) is 130 Å². The van der Waals surface area contributed by atoms with Gasteiger partial charge in [0, 0.05) is 42.4 Å². The van der Waals surface area contributed by atoms with Crippen LogP contribution < -0.4 is 39.4 Å². The first kappa shape index (κ1) is 31.7. The van der Waals surface area contributed by atoms with Crippen molar-refractivity contribution < 1.29 is 44.2 Å². The Balaban J connectivity index is 0.00000387. The molecular formula is C35H43N2NaO3. The number of hydrogen-bond donors (Lipinski definition) is 0. The monoisotopic (exact) mass is 562 g/mol. The molecule has 0 amide bonds. The summed E-state index contributed by atoms with van der Waals surface area (Å²) in [6.45, 7) is 13.7. The molecule has 41 heavy (non-hydrogen) atoms. The van der Waals surface area contributed by atoms with Crippen molar-refractivity contribution in [1.29, 1.82) is 0 Å². The largest absolute Gasteiger partial charge is 1.00 e. The van der Waals surface area contributed by atoms with Gasteiger partial charge in [0.05, 0.1) is 0 Å². The van der Waals surface area contributed by atoms with E-state index in [2.05, 4.69) is 86.1 Å². The number of carboxylic acids is 1. The molecule has 0 bridgehead atoms. The summed E-state index contributed by atoms with van der Waals surface area (Å²) < 4.78 is 6.77. The van der Waals surface area contributed by atoms with E-state index in [4.69, 9.17) is 4.74 Å². The minimum absolute atomic E-state index is 0. The molecule has 0 N–H and O–H groups in total. The third kappa shape index (κ3) is 7.25. The molecule has 0 radical (unpaired) electrons. The van der Waals surface area contributed by atoms with Crippen LogP contribution in [0.15, 0.2) is 54.7 Å². The van der Waals surface area contributed by atoms with Crippen molar-refractivity contribution in [2.45, 2.75) is 97.9 Å². The summed E-state index contributed by atoms with van der Waals surface area (Å²) >= 11 is 0. The molecule has 2 aromatic carbocycles. The van der Waals surface area contributed by atoms with E-state index in [1.54, 1.807) is 6.92 Å². The molecule has 1 aliphatic carbocycles. The molecule has 1 aromatic heterocycles. The normalized spacial score (nSPS) is 18.0. The number of aromatic nitrogens is 1. The van der Waals surface area contributed by atoms with Crippen LogP contribution in [0.1, 0.15) is 93.9 Å². The molecule has 3 aromatic rings. The van der Waals surface area contributed by atoms with Crippen molar-refractivity contribution in [3.05, 3.63) is 82.7 Å². The number of pyridine rings is 1. The van der Waals surface area contributed by atoms with Crippen molar-refractivity contribution >= 4 is 5.97 Å². The summed E-state index contributed by atoms with van der Waals surface area (Å²) in [6.07, 6.45) is 5.84. The van der Waals surface area contributed by atoms with Gasteiger partial charge in [0.2, 0.25) is 0 Å². The minimum atomic E-state index is -0.970.